The predicted octanol–water partition coefficient (Wildman–Crippen LogP) is 1.31. The van der Waals surface area contributed by atoms with Gasteiger partial charge in [-0.3, -0.25) is 4.99 Å². The summed E-state index contributed by atoms with van der Waals surface area (Å²) in [5, 5.41) is 14.5. The Morgan fingerprint density at radius 1 is 1.44 bits per heavy atom. The summed E-state index contributed by atoms with van der Waals surface area (Å²) in [6.07, 6.45) is 2.28. The molecule has 0 bridgehead atoms. The predicted molar refractivity (Wildman–Crippen MR) is 91.3 cm³/mol. The van der Waals surface area contributed by atoms with E-state index in [1.54, 1.807) is 18.2 Å². The Hall–Kier alpha value is -3.30. The van der Waals surface area contributed by atoms with Crippen molar-refractivity contribution in [2.45, 2.75) is 19.4 Å². The molecule has 0 aromatic heterocycles. The fourth-order valence-corrected chi connectivity index (χ4v) is 1.75. The van der Waals surface area contributed by atoms with E-state index in [-0.39, 0.29) is 12.4 Å². The minimum absolute atomic E-state index is 0.212. The van der Waals surface area contributed by atoms with Crippen LogP contribution in [-0.2, 0) is 11.4 Å². The molecule has 4 N–H and O–H groups in total. The zero-order valence-electron chi connectivity index (χ0n) is 13.6. The van der Waals surface area contributed by atoms with Crippen LogP contribution in [0.5, 0.6) is 5.75 Å². The molecule has 0 radical (unpaired) electrons. The largest absolute Gasteiger partial charge is 0.412 e. The molecular formula is C15H21N5O5. The standard InChI is InChI=1S/C15H21N5O5/c1-2-17-14(16)18-8-3-4-9-19-15(21)25-13-7-5-6-12(10-13)11-24-20(22)23/h2,5-7,10H,1,3-4,8-9,11H2,(H,19,21)(H3,16,17,18). The third kappa shape index (κ3) is 9.43. The Labute approximate surface area is 144 Å². The lowest BCUT2D eigenvalue weighted by molar-refractivity contribution is -0.763. The smallest absolute Gasteiger partial charge is 0.410 e. The number of carbonyl (C=O) groups is 1. The maximum absolute atomic E-state index is 11.7. The van der Waals surface area contributed by atoms with Crippen LogP contribution in [0.3, 0.4) is 0 Å². The van der Waals surface area contributed by atoms with Gasteiger partial charge in [0.2, 0.25) is 0 Å². The third-order valence-electron chi connectivity index (χ3n) is 2.83. The van der Waals surface area contributed by atoms with Crippen molar-refractivity contribution in [2.75, 3.05) is 13.1 Å². The second kappa shape index (κ2) is 11.3. The summed E-state index contributed by atoms with van der Waals surface area (Å²) >= 11 is 0. The Kier molecular flexibility index (Phi) is 8.90. The molecule has 1 rings (SSSR count). The lowest BCUT2D eigenvalue weighted by atomic mass is 10.2. The van der Waals surface area contributed by atoms with Crippen molar-refractivity contribution in [3.63, 3.8) is 0 Å². The van der Waals surface area contributed by atoms with E-state index in [0.717, 1.165) is 6.42 Å². The number of aliphatic imine (C=N–C) groups is 1. The van der Waals surface area contributed by atoms with E-state index in [1.165, 1.54) is 12.3 Å². The quantitative estimate of drug-likeness (QED) is 0.190. The highest BCUT2D eigenvalue weighted by molar-refractivity contribution is 5.78. The molecule has 0 unspecified atom stereocenters. The number of unbranched alkanes of at least 4 members (excludes halogenated alkanes) is 1. The topological polar surface area (TPSA) is 141 Å². The van der Waals surface area contributed by atoms with Crippen LogP contribution in [-0.4, -0.2) is 30.2 Å². The molecule has 0 aliphatic heterocycles. The molecule has 1 amide bonds. The molecule has 0 heterocycles. The number of benzene rings is 1. The second-order valence-corrected chi connectivity index (χ2v) is 4.78. The number of nitrogens with zero attached hydrogens (tertiary/aromatic N) is 2. The molecule has 10 nitrogen and oxygen atoms in total. The number of hydrogen-bond acceptors (Lipinski definition) is 6. The van der Waals surface area contributed by atoms with Gasteiger partial charge >= 0.3 is 6.09 Å². The van der Waals surface area contributed by atoms with Crippen LogP contribution in [0, 0.1) is 10.1 Å². The number of amides is 1. The average molecular weight is 351 g/mol. The highest BCUT2D eigenvalue weighted by Crippen LogP contribution is 2.14. The molecule has 136 valence electrons. The number of carbonyl (C=O) groups excluding carboxylic acids is 1. The van der Waals surface area contributed by atoms with Gasteiger partial charge in [-0.25, -0.2) is 4.79 Å². The first-order valence-corrected chi connectivity index (χ1v) is 7.50. The van der Waals surface area contributed by atoms with Crippen LogP contribution >= 0.6 is 0 Å². The Morgan fingerprint density at radius 3 is 2.96 bits per heavy atom. The van der Waals surface area contributed by atoms with Crippen LogP contribution in [0.15, 0.2) is 42.0 Å². The number of nitrogens with two attached hydrogens (primary N) is 1. The minimum Gasteiger partial charge on any atom is -0.410 e. The maximum Gasteiger partial charge on any atom is 0.412 e. The van der Waals surface area contributed by atoms with Gasteiger partial charge < -0.3 is 25.9 Å². The average Bonchev–Trinajstić information content (AvgIpc) is 2.56. The van der Waals surface area contributed by atoms with Crippen LogP contribution in [0.4, 0.5) is 4.79 Å². The first-order chi connectivity index (χ1) is 12.0. The molecule has 0 saturated carbocycles. The number of hydrogen-bond donors (Lipinski definition) is 3. The zero-order chi connectivity index (χ0) is 18.5. The van der Waals surface area contributed by atoms with Crippen molar-refractivity contribution < 1.29 is 19.5 Å². The summed E-state index contributed by atoms with van der Waals surface area (Å²) in [4.78, 5) is 30.1. The van der Waals surface area contributed by atoms with E-state index >= 15 is 0 Å². The minimum atomic E-state index is -0.884. The summed E-state index contributed by atoms with van der Waals surface area (Å²) in [5.74, 6) is 0.568. The molecule has 1 aromatic rings. The summed E-state index contributed by atoms with van der Waals surface area (Å²) in [5.41, 5.74) is 6.03. The second-order valence-electron chi connectivity index (χ2n) is 4.78. The van der Waals surface area contributed by atoms with Gasteiger partial charge in [0.15, 0.2) is 5.96 Å². The van der Waals surface area contributed by atoms with Gasteiger partial charge in [-0.2, -0.15) is 0 Å². The highest BCUT2D eigenvalue weighted by Gasteiger charge is 2.05. The Bertz CT molecular complexity index is 620. The molecular weight excluding hydrogens is 330 g/mol. The first kappa shape index (κ1) is 19.7. The number of rotatable bonds is 10. The van der Waals surface area contributed by atoms with Gasteiger partial charge in [0.05, 0.1) is 0 Å². The number of ether oxygens (including phenoxy) is 1. The van der Waals surface area contributed by atoms with Crippen LogP contribution < -0.4 is 21.1 Å². The Balaban J connectivity index is 2.26. The molecule has 10 heteroatoms. The van der Waals surface area contributed by atoms with E-state index in [2.05, 4.69) is 27.0 Å². The summed E-state index contributed by atoms with van der Waals surface area (Å²) in [7, 11) is 0. The van der Waals surface area contributed by atoms with Crippen LogP contribution in [0.2, 0.25) is 0 Å². The van der Waals surface area contributed by atoms with Gasteiger partial charge in [-0.15, -0.1) is 10.1 Å². The fraction of sp³-hybridized carbons (Fsp3) is 0.333. The molecule has 0 aliphatic rings. The van der Waals surface area contributed by atoms with Crippen LogP contribution in [0.1, 0.15) is 18.4 Å². The summed E-state index contributed by atoms with van der Waals surface area (Å²) in [6, 6.07) is 6.30. The van der Waals surface area contributed by atoms with E-state index in [4.69, 9.17) is 10.5 Å². The summed E-state index contributed by atoms with van der Waals surface area (Å²) < 4.78 is 5.09. The van der Waals surface area contributed by atoms with Gasteiger partial charge in [-0.1, -0.05) is 18.7 Å². The fourth-order valence-electron chi connectivity index (χ4n) is 1.75. The highest BCUT2D eigenvalue weighted by atomic mass is 16.9. The van der Waals surface area contributed by atoms with E-state index < -0.39 is 11.2 Å². The van der Waals surface area contributed by atoms with Crippen molar-refractivity contribution in [1.82, 2.24) is 10.6 Å². The van der Waals surface area contributed by atoms with Gasteiger partial charge in [0.25, 0.3) is 5.09 Å². The zero-order valence-corrected chi connectivity index (χ0v) is 13.6. The third-order valence-corrected chi connectivity index (χ3v) is 2.83. The lowest BCUT2D eigenvalue weighted by Gasteiger charge is -2.07. The van der Waals surface area contributed by atoms with Gasteiger partial charge in [-0.05, 0) is 36.7 Å². The Morgan fingerprint density at radius 2 is 2.24 bits per heavy atom. The van der Waals surface area contributed by atoms with Crippen molar-refractivity contribution in [2.24, 2.45) is 10.7 Å². The van der Waals surface area contributed by atoms with E-state index in [9.17, 15) is 14.9 Å². The van der Waals surface area contributed by atoms with Crippen LogP contribution in [0.25, 0.3) is 0 Å². The molecule has 1 aromatic carbocycles. The van der Waals surface area contributed by atoms with Crippen molar-refractivity contribution >= 4 is 12.1 Å². The lowest BCUT2D eigenvalue weighted by Crippen LogP contribution is -2.28. The first-order valence-electron chi connectivity index (χ1n) is 7.50. The maximum atomic E-state index is 11.7. The molecule has 0 spiro atoms. The number of guanidine groups is 1. The molecule has 25 heavy (non-hydrogen) atoms. The van der Waals surface area contributed by atoms with Crippen molar-refractivity contribution in [3.05, 3.63) is 52.7 Å². The molecule has 0 fully saturated rings. The summed E-state index contributed by atoms with van der Waals surface area (Å²) in [6.45, 7) is 4.21. The SMILES string of the molecule is C=CNC(N)=NCCCCNC(=O)Oc1cccc(CO[N+](=O)[O-])c1. The molecule has 0 saturated heterocycles. The number of nitrogens with one attached hydrogen (secondary N) is 2. The molecule has 0 atom stereocenters. The molecule has 0 aliphatic carbocycles. The van der Waals surface area contributed by atoms with Gasteiger partial charge in [0.1, 0.15) is 12.4 Å². The van der Waals surface area contributed by atoms with E-state index in [1.807, 2.05) is 0 Å². The van der Waals surface area contributed by atoms with E-state index in [0.29, 0.717) is 31.0 Å². The van der Waals surface area contributed by atoms with Crippen molar-refractivity contribution in [1.29, 1.82) is 0 Å². The van der Waals surface area contributed by atoms with Gasteiger partial charge in [0, 0.05) is 13.1 Å². The van der Waals surface area contributed by atoms with Crippen molar-refractivity contribution in [3.8, 4) is 5.75 Å². The normalized spacial score (nSPS) is 10.6. The monoisotopic (exact) mass is 351 g/mol.